The molecule has 1 heterocycles. The number of hydrogen-bond donors (Lipinski definition) is 2. The van der Waals surface area contributed by atoms with Crippen molar-refractivity contribution in [3.63, 3.8) is 0 Å². The van der Waals surface area contributed by atoms with Crippen molar-refractivity contribution in [1.82, 2.24) is 5.32 Å². The van der Waals surface area contributed by atoms with Gasteiger partial charge in [0, 0.05) is 35.3 Å². The second-order valence-electron chi connectivity index (χ2n) is 9.00. The topological polar surface area (TPSA) is 58.8 Å². The summed E-state index contributed by atoms with van der Waals surface area (Å²) in [5.74, 6) is 3.39. The molecule has 0 radical (unpaired) electrons. The first kappa shape index (κ1) is 31.0. The monoisotopic (exact) mass is 579 g/mol. The third kappa shape index (κ3) is 9.30. The number of thioether (sulfide) groups is 1. The number of nitrogens with one attached hydrogen (secondary N) is 2. The minimum atomic E-state index is -0.310. The van der Waals surface area contributed by atoms with E-state index in [0.29, 0.717) is 34.4 Å². The number of furan rings is 1. The number of halogens is 2. The number of nitrogens with zero attached hydrogens (tertiary/aromatic N) is 1. The van der Waals surface area contributed by atoms with E-state index in [1.807, 2.05) is 38.1 Å². The average molecular weight is 580 g/mol. The standard InChI is InChI=1S/C32H35ClFN3O2S/c1-6-24(30-14-12-27(39-30)20-35-15-16-40-5)18-28(22(3)4)32(36-7-2)37-26-11-13-31(29(33)19-26)38-21-23-9-8-10-25(34)17-23/h6-14,17-19,35H,1-2,15-16,20-21H2,3-5H3,(H,36,37)/b24-18+. The van der Waals surface area contributed by atoms with Gasteiger partial charge in [0.1, 0.15) is 35.5 Å². The zero-order valence-electron chi connectivity index (χ0n) is 23.1. The molecular weight excluding hydrogens is 545 g/mol. The highest BCUT2D eigenvalue weighted by atomic mass is 35.5. The Morgan fingerprint density at radius 2 is 1.98 bits per heavy atom. The van der Waals surface area contributed by atoms with Gasteiger partial charge in [0.15, 0.2) is 0 Å². The molecule has 0 aliphatic carbocycles. The summed E-state index contributed by atoms with van der Waals surface area (Å²) in [5.41, 5.74) is 4.14. The minimum Gasteiger partial charge on any atom is -0.487 e. The first-order valence-electron chi connectivity index (χ1n) is 12.8. The summed E-state index contributed by atoms with van der Waals surface area (Å²) in [6.45, 7) is 13.6. The van der Waals surface area contributed by atoms with Gasteiger partial charge in [-0.2, -0.15) is 11.8 Å². The van der Waals surface area contributed by atoms with Crippen LogP contribution in [0.25, 0.3) is 5.57 Å². The van der Waals surface area contributed by atoms with Crippen molar-refractivity contribution in [2.45, 2.75) is 27.0 Å². The zero-order chi connectivity index (χ0) is 28.9. The van der Waals surface area contributed by atoms with Gasteiger partial charge < -0.3 is 19.8 Å². The van der Waals surface area contributed by atoms with Crippen molar-refractivity contribution in [2.75, 3.05) is 23.9 Å². The molecule has 0 bridgehead atoms. The van der Waals surface area contributed by atoms with E-state index in [0.717, 1.165) is 40.5 Å². The maximum Gasteiger partial charge on any atom is 0.138 e. The lowest BCUT2D eigenvalue weighted by molar-refractivity contribution is 0.306. The van der Waals surface area contributed by atoms with E-state index in [9.17, 15) is 4.39 Å². The third-order valence-corrected chi connectivity index (χ3v) is 6.65. The molecular formula is C32H35ClFN3O2S. The second-order valence-corrected chi connectivity index (χ2v) is 10.4. The molecule has 0 unspecified atom stereocenters. The highest BCUT2D eigenvalue weighted by molar-refractivity contribution is 7.98. The van der Waals surface area contributed by atoms with Crippen LogP contribution in [0, 0.1) is 5.82 Å². The van der Waals surface area contributed by atoms with Crippen LogP contribution in [-0.4, -0.2) is 24.4 Å². The normalized spacial score (nSPS) is 11.7. The first-order valence-corrected chi connectivity index (χ1v) is 14.5. The van der Waals surface area contributed by atoms with Crippen LogP contribution in [0.1, 0.15) is 30.9 Å². The van der Waals surface area contributed by atoms with Crippen molar-refractivity contribution in [1.29, 1.82) is 0 Å². The van der Waals surface area contributed by atoms with Gasteiger partial charge in [-0.05, 0) is 74.2 Å². The molecule has 0 aliphatic heterocycles. The summed E-state index contributed by atoms with van der Waals surface area (Å²) in [5, 5.41) is 7.14. The quantitative estimate of drug-likeness (QED) is 0.0866. The van der Waals surface area contributed by atoms with Crippen LogP contribution in [-0.2, 0) is 13.2 Å². The molecule has 3 rings (SSSR count). The average Bonchev–Trinajstić information content (AvgIpc) is 3.40. The lowest BCUT2D eigenvalue weighted by Gasteiger charge is -2.15. The summed E-state index contributed by atoms with van der Waals surface area (Å²) < 4.78 is 25.4. The van der Waals surface area contributed by atoms with Crippen LogP contribution in [0.5, 0.6) is 5.75 Å². The van der Waals surface area contributed by atoms with E-state index in [4.69, 9.17) is 20.8 Å². The second kappa shape index (κ2) is 15.9. The Morgan fingerprint density at radius 1 is 1.15 bits per heavy atom. The SMILES string of the molecule is C=CN=C(Nc1ccc(OCc2cccc(F)c2)c(Cl)c1)C(/C=C(\C=C)c1ccc(CNCCSC)o1)=C(C)C. The van der Waals surface area contributed by atoms with E-state index in [1.54, 1.807) is 42.1 Å². The van der Waals surface area contributed by atoms with Gasteiger partial charge in [-0.3, -0.25) is 0 Å². The Balaban J connectivity index is 1.78. The number of aliphatic imine (C=N–C) groups is 1. The van der Waals surface area contributed by atoms with Crippen molar-refractivity contribution in [3.05, 3.63) is 125 Å². The molecule has 5 nitrogen and oxygen atoms in total. The van der Waals surface area contributed by atoms with Gasteiger partial charge >= 0.3 is 0 Å². The molecule has 210 valence electrons. The van der Waals surface area contributed by atoms with Crippen molar-refractivity contribution < 1.29 is 13.5 Å². The third-order valence-electron chi connectivity index (χ3n) is 5.74. The number of amidine groups is 1. The summed E-state index contributed by atoms with van der Waals surface area (Å²) in [7, 11) is 0. The van der Waals surface area contributed by atoms with Gasteiger partial charge in [0.25, 0.3) is 0 Å². The number of allylic oxidation sites excluding steroid dienone is 3. The van der Waals surface area contributed by atoms with Crippen molar-refractivity contribution >= 4 is 40.5 Å². The molecule has 0 fully saturated rings. The Hall–Kier alpha value is -3.52. The number of ether oxygens (including phenoxy) is 1. The summed E-state index contributed by atoms with van der Waals surface area (Å²) in [6.07, 6.45) is 7.32. The van der Waals surface area contributed by atoms with E-state index in [2.05, 4.69) is 35.0 Å². The van der Waals surface area contributed by atoms with Gasteiger partial charge in [0.05, 0.1) is 11.6 Å². The van der Waals surface area contributed by atoms with E-state index in [1.165, 1.54) is 18.3 Å². The fourth-order valence-corrected chi connectivity index (χ4v) is 4.31. The molecule has 0 aliphatic rings. The minimum absolute atomic E-state index is 0.201. The molecule has 2 N–H and O–H groups in total. The molecule has 8 heteroatoms. The van der Waals surface area contributed by atoms with Gasteiger partial charge in [-0.15, -0.1) is 0 Å². The molecule has 2 aromatic carbocycles. The van der Waals surface area contributed by atoms with Crippen LogP contribution in [0.4, 0.5) is 10.1 Å². The summed E-state index contributed by atoms with van der Waals surface area (Å²) >= 11 is 8.32. The van der Waals surface area contributed by atoms with Crippen molar-refractivity contribution in [3.8, 4) is 5.75 Å². The van der Waals surface area contributed by atoms with Gasteiger partial charge in [-0.1, -0.05) is 48.5 Å². The van der Waals surface area contributed by atoms with Crippen molar-refractivity contribution in [2.24, 2.45) is 4.99 Å². The van der Waals surface area contributed by atoms with Crippen LogP contribution in [0.15, 0.2) is 107 Å². The summed E-state index contributed by atoms with van der Waals surface area (Å²) in [6, 6.07) is 15.5. The van der Waals surface area contributed by atoms with Gasteiger partial charge in [-0.25, -0.2) is 9.38 Å². The zero-order valence-corrected chi connectivity index (χ0v) is 24.7. The highest BCUT2D eigenvalue weighted by Gasteiger charge is 2.13. The highest BCUT2D eigenvalue weighted by Crippen LogP contribution is 2.30. The van der Waals surface area contributed by atoms with E-state index in [-0.39, 0.29) is 12.4 Å². The fourth-order valence-electron chi connectivity index (χ4n) is 3.73. The Bertz CT molecular complexity index is 1410. The molecule has 3 aromatic rings. The predicted molar refractivity (Wildman–Crippen MR) is 169 cm³/mol. The Morgan fingerprint density at radius 3 is 2.65 bits per heavy atom. The van der Waals surface area contributed by atoms with E-state index < -0.39 is 0 Å². The smallest absolute Gasteiger partial charge is 0.138 e. The molecule has 0 saturated heterocycles. The Kier molecular flexibility index (Phi) is 12.3. The molecule has 0 saturated carbocycles. The van der Waals surface area contributed by atoms with Gasteiger partial charge in [0.2, 0.25) is 0 Å². The number of benzene rings is 2. The largest absolute Gasteiger partial charge is 0.487 e. The summed E-state index contributed by atoms with van der Waals surface area (Å²) in [4.78, 5) is 4.50. The molecule has 1 aromatic heterocycles. The number of hydrogen-bond acceptors (Lipinski definition) is 5. The molecule has 0 amide bonds. The van der Waals surface area contributed by atoms with Crippen LogP contribution >= 0.6 is 23.4 Å². The first-order chi connectivity index (χ1) is 19.3. The molecule has 40 heavy (non-hydrogen) atoms. The fraction of sp³-hybridized carbons (Fsp3) is 0.219. The Labute approximate surface area is 245 Å². The lowest BCUT2D eigenvalue weighted by atomic mass is 10.0. The van der Waals surface area contributed by atoms with E-state index >= 15 is 0 Å². The predicted octanol–water partition coefficient (Wildman–Crippen LogP) is 8.66. The van der Waals surface area contributed by atoms with Crippen LogP contribution in [0.2, 0.25) is 5.02 Å². The van der Waals surface area contributed by atoms with Crippen LogP contribution in [0.3, 0.4) is 0 Å². The maximum atomic E-state index is 13.5. The van der Waals surface area contributed by atoms with Crippen LogP contribution < -0.4 is 15.4 Å². The molecule has 0 spiro atoms. The number of anilines is 1. The molecule has 0 atom stereocenters. The number of rotatable bonds is 14. The lowest BCUT2D eigenvalue weighted by Crippen LogP contribution is -2.15. The maximum absolute atomic E-state index is 13.5.